The van der Waals surface area contributed by atoms with Crippen LogP contribution < -0.4 is 9.47 Å². The highest BCUT2D eigenvalue weighted by Gasteiger charge is 2.18. The van der Waals surface area contributed by atoms with Crippen LogP contribution in [0.15, 0.2) is 66.7 Å². The zero-order chi connectivity index (χ0) is 21.1. The Labute approximate surface area is 173 Å². The molecule has 4 rings (SSSR count). The van der Waals surface area contributed by atoms with E-state index in [0.29, 0.717) is 28.6 Å². The molecule has 0 aliphatic rings. The third-order valence-corrected chi connectivity index (χ3v) is 4.55. The zero-order valence-electron chi connectivity index (χ0n) is 16.4. The Balaban J connectivity index is 1.96. The molecule has 4 aromatic rings. The largest absolute Gasteiger partial charge is 0.507 e. The van der Waals surface area contributed by atoms with E-state index in [-0.39, 0.29) is 23.0 Å². The average molecular weight is 401 g/mol. The van der Waals surface area contributed by atoms with Crippen LogP contribution in [0, 0.1) is 0 Å². The molecular formula is C23H19N3O4. The van der Waals surface area contributed by atoms with Crippen LogP contribution in [0.2, 0.25) is 0 Å². The summed E-state index contributed by atoms with van der Waals surface area (Å²) in [5.41, 5.74) is 1.85. The van der Waals surface area contributed by atoms with Crippen LogP contribution in [0.3, 0.4) is 0 Å². The molecule has 30 heavy (non-hydrogen) atoms. The second kappa shape index (κ2) is 8.08. The first kappa shape index (κ1) is 19.2. The highest BCUT2D eigenvalue weighted by atomic mass is 16.5. The van der Waals surface area contributed by atoms with Gasteiger partial charge in [-0.1, -0.05) is 42.5 Å². The van der Waals surface area contributed by atoms with E-state index in [2.05, 4.69) is 15.0 Å². The molecule has 3 aromatic carbocycles. The second-order valence-electron chi connectivity index (χ2n) is 6.42. The molecular weight excluding hydrogens is 382 g/mol. The molecule has 0 saturated heterocycles. The minimum absolute atomic E-state index is 0.0644. The minimum atomic E-state index is -0.109. The SMILES string of the molecule is COc1cc(-c2nc(-c3ccccc3)nc(-c3ccccc3O)n2)cc(OC)c1O. The summed E-state index contributed by atoms with van der Waals surface area (Å²) in [5, 5.41) is 20.5. The van der Waals surface area contributed by atoms with Crippen molar-refractivity contribution in [1.82, 2.24) is 15.0 Å². The maximum absolute atomic E-state index is 10.3. The standard InChI is InChI=1S/C23H19N3O4/c1-29-18-12-15(13-19(30-2)20(18)28)22-24-21(14-8-4-3-5-9-14)25-23(26-22)16-10-6-7-11-17(16)27/h3-13,27-28H,1-2H3. The van der Waals surface area contributed by atoms with E-state index >= 15 is 0 Å². The number of aromatic hydroxyl groups is 2. The molecule has 0 saturated carbocycles. The lowest BCUT2D eigenvalue weighted by molar-refractivity contribution is 0.340. The van der Waals surface area contributed by atoms with Gasteiger partial charge in [-0.2, -0.15) is 0 Å². The van der Waals surface area contributed by atoms with E-state index in [1.54, 1.807) is 36.4 Å². The highest BCUT2D eigenvalue weighted by Crippen LogP contribution is 2.40. The van der Waals surface area contributed by atoms with Crippen molar-refractivity contribution in [3.63, 3.8) is 0 Å². The van der Waals surface area contributed by atoms with Crippen molar-refractivity contribution in [2.24, 2.45) is 0 Å². The van der Waals surface area contributed by atoms with Crippen molar-refractivity contribution >= 4 is 0 Å². The Hall–Kier alpha value is -4.13. The van der Waals surface area contributed by atoms with Crippen LogP contribution in [-0.4, -0.2) is 39.4 Å². The first-order valence-corrected chi connectivity index (χ1v) is 9.16. The Morgan fingerprint density at radius 1 is 0.633 bits per heavy atom. The van der Waals surface area contributed by atoms with Gasteiger partial charge in [-0.3, -0.25) is 0 Å². The van der Waals surface area contributed by atoms with Crippen molar-refractivity contribution in [2.75, 3.05) is 14.2 Å². The van der Waals surface area contributed by atoms with E-state index in [0.717, 1.165) is 5.56 Å². The molecule has 2 N–H and O–H groups in total. The summed E-state index contributed by atoms with van der Waals surface area (Å²) in [4.78, 5) is 13.7. The maximum Gasteiger partial charge on any atom is 0.200 e. The summed E-state index contributed by atoms with van der Waals surface area (Å²) in [7, 11) is 2.91. The number of nitrogens with zero attached hydrogens (tertiary/aromatic N) is 3. The lowest BCUT2D eigenvalue weighted by atomic mass is 10.1. The normalized spacial score (nSPS) is 10.6. The van der Waals surface area contributed by atoms with Crippen LogP contribution in [0.4, 0.5) is 0 Å². The van der Waals surface area contributed by atoms with Gasteiger partial charge in [0.1, 0.15) is 5.75 Å². The first-order chi connectivity index (χ1) is 14.6. The Morgan fingerprint density at radius 3 is 1.77 bits per heavy atom. The molecule has 150 valence electrons. The summed E-state index contributed by atoms with van der Waals surface area (Å²) in [6, 6.07) is 19.6. The van der Waals surface area contributed by atoms with Gasteiger partial charge in [0.2, 0.25) is 5.75 Å². The van der Waals surface area contributed by atoms with Gasteiger partial charge in [0.25, 0.3) is 0 Å². The smallest absolute Gasteiger partial charge is 0.200 e. The average Bonchev–Trinajstić information content (AvgIpc) is 2.80. The third kappa shape index (κ3) is 3.60. The lowest BCUT2D eigenvalue weighted by Crippen LogP contribution is -2.01. The number of aromatic nitrogens is 3. The number of hydrogen-bond donors (Lipinski definition) is 2. The van der Waals surface area contributed by atoms with Crippen LogP contribution >= 0.6 is 0 Å². The molecule has 0 spiro atoms. The van der Waals surface area contributed by atoms with Gasteiger partial charge in [-0.15, -0.1) is 0 Å². The van der Waals surface area contributed by atoms with Gasteiger partial charge in [-0.05, 0) is 24.3 Å². The van der Waals surface area contributed by atoms with Crippen molar-refractivity contribution in [1.29, 1.82) is 0 Å². The van der Waals surface area contributed by atoms with Crippen LogP contribution in [0.5, 0.6) is 23.0 Å². The van der Waals surface area contributed by atoms with E-state index in [1.165, 1.54) is 14.2 Å². The Morgan fingerprint density at radius 2 is 1.17 bits per heavy atom. The number of phenolic OH excluding ortho intramolecular Hbond substituents is 2. The van der Waals surface area contributed by atoms with E-state index in [9.17, 15) is 10.2 Å². The van der Waals surface area contributed by atoms with E-state index < -0.39 is 0 Å². The number of ether oxygens (including phenoxy) is 2. The van der Waals surface area contributed by atoms with E-state index in [1.807, 2.05) is 30.3 Å². The van der Waals surface area contributed by atoms with Crippen molar-refractivity contribution in [2.45, 2.75) is 0 Å². The summed E-state index contributed by atoms with van der Waals surface area (Å²) in [6.45, 7) is 0. The molecule has 7 nitrogen and oxygen atoms in total. The molecule has 7 heteroatoms. The summed E-state index contributed by atoms with van der Waals surface area (Å²) < 4.78 is 10.5. The number of rotatable bonds is 5. The second-order valence-corrected chi connectivity index (χ2v) is 6.42. The molecule has 1 aromatic heterocycles. The molecule has 0 unspecified atom stereocenters. The zero-order valence-corrected chi connectivity index (χ0v) is 16.4. The molecule has 0 atom stereocenters. The maximum atomic E-state index is 10.3. The Bertz CT molecular complexity index is 1170. The van der Waals surface area contributed by atoms with Gasteiger partial charge < -0.3 is 19.7 Å². The fraction of sp³-hybridized carbons (Fsp3) is 0.0870. The van der Waals surface area contributed by atoms with Gasteiger partial charge in [0, 0.05) is 11.1 Å². The molecule has 0 aliphatic heterocycles. The van der Waals surface area contributed by atoms with Crippen molar-refractivity contribution in [3.8, 4) is 57.2 Å². The third-order valence-electron chi connectivity index (χ3n) is 4.55. The van der Waals surface area contributed by atoms with Crippen LogP contribution in [0.25, 0.3) is 34.2 Å². The number of methoxy groups -OCH3 is 2. The number of para-hydroxylation sites is 1. The summed E-state index contributed by atoms with van der Waals surface area (Å²) in [6.07, 6.45) is 0. The van der Waals surface area contributed by atoms with E-state index in [4.69, 9.17) is 9.47 Å². The van der Waals surface area contributed by atoms with Gasteiger partial charge in [0.15, 0.2) is 29.0 Å². The minimum Gasteiger partial charge on any atom is -0.507 e. The molecule has 0 amide bonds. The summed E-state index contributed by atoms with van der Waals surface area (Å²) >= 11 is 0. The molecule has 1 heterocycles. The summed E-state index contributed by atoms with van der Waals surface area (Å²) in [5.74, 6) is 1.54. The fourth-order valence-electron chi connectivity index (χ4n) is 3.03. The predicted molar refractivity (Wildman–Crippen MR) is 113 cm³/mol. The number of benzene rings is 3. The predicted octanol–water partition coefficient (Wildman–Crippen LogP) is 4.30. The van der Waals surface area contributed by atoms with Gasteiger partial charge >= 0.3 is 0 Å². The van der Waals surface area contributed by atoms with Crippen molar-refractivity contribution < 1.29 is 19.7 Å². The number of hydrogen-bond acceptors (Lipinski definition) is 7. The molecule has 0 radical (unpaired) electrons. The topological polar surface area (TPSA) is 97.6 Å². The quantitative estimate of drug-likeness (QED) is 0.514. The monoisotopic (exact) mass is 401 g/mol. The Kier molecular flexibility index (Phi) is 5.17. The molecule has 0 bridgehead atoms. The van der Waals surface area contributed by atoms with Crippen molar-refractivity contribution in [3.05, 3.63) is 66.7 Å². The number of phenols is 2. The first-order valence-electron chi connectivity index (χ1n) is 9.16. The highest BCUT2D eigenvalue weighted by molar-refractivity contribution is 5.72. The molecule has 0 aliphatic carbocycles. The van der Waals surface area contributed by atoms with Crippen LogP contribution in [-0.2, 0) is 0 Å². The molecule has 0 fully saturated rings. The fourth-order valence-corrected chi connectivity index (χ4v) is 3.03. The van der Waals surface area contributed by atoms with Gasteiger partial charge in [0.05, 0.1) is 19.8 Å². The van der Waals surface area contributed by atoms with Crippen LogP contribution in [0.1, 0.15) is 0 Å². The van der Waals surface area contributed by atoms with Gasteiger partial charge in [-0.25, -0.2) is 15.0 Å². The lowest BCUT2D eigenvalue weighted by Gasteiger charge is -2.12.